The van der Waals surface area contributed by atoms with Crippen LogP contribution in [0.2, 0.25) is 0 Å². The largest absolute Gasteiger partial charge is 0.493 e. The van der Waals surface area contributed by atoms with Crippen molar-refractivity contribution in [1.82, 2.24) is 0 Å². The second-order valence-electron chi connectivity index (χ2n) is 5.36. The van der Waals surface area contributed by atoms with Crippen molar-refractivity contribution < 1.29 is 23.0 Å². The third kappa shape index (κ3) is 5.04. The summed E-state index contributed by atoms with van der Waals surface area (Å²) in [5.74, 6) is -0.0998. The Kier molecular flexibility index (Phi) is 6.11. The average Bonchev–Trinajstić information content (AvgIpc) is 2.59. The molecule has 0 aliphatic heterocycles. The summed E-state index contributed by atoms with van der Waals surface area (Å²) in [6.45, 7) is -0.979. The molecule has 6 heteroatoms. The zero-order valence-corrected chi connectivity index (χ0v) is 14.2. The molecule has 2 aromatic carbocycles. The SMILES string of the molecule is COc1cc(C=CC(=O)N(C)c2cccc(C)c2)ccc1OC(F)F. The van der Waals surface area contributed by atoms with Crippen molar-refractivity contribution in [3.8, 4) is 11.5 Å². The van der Waals surface area contributed by atoms with Crippen molar-refractivity contribution in [2.45, 2.75) is 13.5 Å². The molecule has 25 heavy (non-hydrogen) atoms. The van der Waals surface area contributed by atoms with Gasteiger partial charge in [0.05, 0.1) is 7.11 Å². The molecule has 0 N–H and O–H groups in total. The van der Waals surface area contributed by atoms with E-state index < -0.39 is 6.61 Å². The predicted molar refractivity (Wildman–Crippen MR) is 93.2 cm³/mol. The summed E-state index contributed by atoms with van der Waals surface area (Å²) in [5, 5.41) is 0. The molecule has 0 bridgehead atoms. The summed E-state index contributed by atoms with van der Waals surface area (Å²) >= 11 is 0. The lowest BCUT2D eigenvalue weighted by atomic mass is 10.1. The van der Waals surface area contributed by atoms with Gasteiger partial charge >= 0.3 is 6.61 Å². The fraction of sp³-hybridized carbons (Fsp3) is 0.211. The molecule has 132 valence electrons. The Balaban J connectivity index is 2.14. The molecule has 0 atom stereocenters. The summed E-state index contributed by atoms with van der Waals surface area (Å²) in [6.07, 6.45) is 2.99. The van der Waals surface area contributed by atoms with Crippen LogP contribution in [0.3, 0.4) is 0 Å². The molecule has 0 heterocycles. The number of rotatable bonds is 6. The topological polar surface area (TPSA) is 38.8 Å². The van der Waals surface area contributed by atoms with Gasteiger partial charge in [-0.1, -0.05) is 18.2 Å². The Hall–Kier alpha value is -2.89. The number of halogens is 2. The van der Waals surface area contributed by atoms with Gasteiger partial charge in [0.25, 0.3) is 5.91 Å². The minimum Gasteiger partial charge on any atom is -0.493 e. The number of alkyl halides is 2. The molecule has 0 saturated carbocycles. The number of aryl methyl sites for hydroxylation is 1. The fourth-order valence-electron chi connectivity index (χ4n) is 2.22. The Morgan fingerprint density at radius 3 is 2.56 bits per heavy atom. The molecule has 0 aromatic heterocycles. The van der Waals surface area contributed by atoms with Crippen LogP contribution in [-0.4, -0.2) is 26.7 Å². The quantitative estimate of drug-likeness (QED) is 0.732. The smallest absolute Gasteiger partial charge is 0.387 e. The monoisotopic (exact) mass is 347 g/mol. The number of ether oxygens (including phenoxy) is 2. The highest BCUT2D eigenvalue weighted by molar-refractivity contribution is 6.03. The van der Waals surface area contributed by atoms with E-state index in [0.29, 0.717) is 5.56 Å². The molecule has 0 aliphatic carbocycles. The van der Waals surface area contributed by atoms with Crippen molar-refractivity contribution in [2.24, 2.45) is 0 Å². The Bertz CT molecular complexity index is 775. The van der Waals surface area contributed by atoms with Crippen LogP contribution in [0.5, 0.6) is 11.5 Å². The van der Waals surface area contributed by atoms with Crippen molar-refractivity contribution in [3.63, 3.8) is 0 Å². The summed E-state index contributed by atoms with van der Waals surface area (Å²) < 4.78 is 34.1. The highest BCUT2D eigenvalue weighted by Gasteiger charge is 2.11. The molecule has 0 saturated heterocycles. The third-order valence-electron chi connectivity index (χ3n) is 3.54. The minimum absolute atomic E-state index is 0.0575. The van der Waals surface area contributed by atoms with Gasteiger partial charge in [0.1, 0.15) is 0 Å². The van der Waals surface area contributed by atoms with Crippen molar-refractivity contribution in [2.75, 3.05) is 19.1 Å². The van der Waals surface area contributed by atoms with E-state index in [1.165, 1.54) is 30.2 Å². The maximum absolute atomic E-state index is 12.3. The molecule has 0 spiro atoms. The fourth-order valence-corrected chi connectivity index (χ4v) is 2.22. The second kappa shape index (κ2) is 8.28. The zero-order valence-electron chi connectivity index (χ0n) is 14.2. The van der Waals surface area contributed by atoms with Gasteiger partial charge in [-0.3, -0.25) is 4.79 Å². The van der Waals surface area contributed by atoms with Crippen molar-refractivity contribution >= 4 is 17.7 Å². The number of nitrogens with zero attached hydrogens (tertiary/aromatic N) is 1. The second-order valence-corrected chi connectivity index (χ2v) is 5.36. The van der Waals surface area contributed by atoms with Gasteiger partial charge in [-0.2, -0.15) is 8.78 Å². The molecular formula is C19H19F2NO3. The van der Waals surface area contributed by atoms with Crippen LogP contribution in [0.1, 0.15) is 11.1 Å². The Morgan fingerprint density at radius 2 is 1.92 bits per heavy atom. The van der Waals surface area contributed by atoms with Crippen LogP contribution in [0.4, 0.5) is 14.5 Å². The summed E-state index contributed by atoms with van der Waals surface area (Å²) in [4.78, 5) is 13.8. The molecule has 4 nitrogen and oxygen atoms in total. The third-order valence-corrected chi connectivity index (χ3v) is 3.54. The zero-order chi connectivity index (χ0) is 18.4. The van der Waals surface area contributed by atoms with E-state index in [1.54, 1.807) is 19.2 Å². The van der Waals surface area contributed by atoms with Gasteiger partial charge in [-0.15, -0.1) is 0 Å². The number of benzene rings is 2. The summed E-state index contributed by atoms with van der Waals surface area (Å²) in [7, 11) is 3.04. The van der Waals surface area contributed by atoms with Crippen LogP contribution in [0.15, 0.2) is 48.5 Å². The lowest BCUT2D eigenvalue weighted by molar-refractivity contribution is -0.113. The van der Waals surface area contributed by atoms with Gasteiger partial charge in [0.2, 0.25) is 0 Å². The van der Waals surface area contributed by atoms with E-state index in [-0.39, 0.29) is 17.4 Å². The molecule has 2 aromatic rings. The maximum Gasteiger partial charge on any atom is 0.387 e. The van der Waals surface area contributed by atoms with E-state index in [4.69, 9.17) is 4.74 Å². The normalized spacial score (nSPS) is 11.0. The highest BCUT2D eigenvalue weighted by atomic mass is 19.3. The summed E-state index contributed by atoms with van der Waals surface area (Å²) in [5.41, 5.74) is 2.47. The van der Waals surface area contributed by atoms with E-state index in [9.17, 15) is 13.6 Å². The Morgan fingerprint density at radius 1 is 1.16 bits per heavy atom. The van der Waals surface area contributed by atoms with E-state index >= 15 is 0 Å². The molecule has 2 rings (SSSR count). The van der Waals surface area contributed by atoms with Crippen LogP contribution in [0, 0.1) is 6.92 Å². The molecule has 1 amide bonds. The number of carbonyl (C=O) groups is 1. The predicted octanol–water partition coefficient (Wildman–Crippen LogP) is 4.28. The first-order chi connectivity index (χ1) is 11.9. The maximum atomic E-state index is 12.3. The van der Waals surface area contributed by atoms with Gasteiger partial charge in [-0.25, -0.2) is 0 Å². The van der Waals surface area contributed by atoms with E-state index in [0.717, 1.165) is 11.3 Å². The minimum atomic E-state index is -2.93. The molecule has 0 unspecified atom stereocenters. The lowest BCUT2D eigenvalue weighted by Crippen LogP contribution is -2.23. The van der Waals surface area contributed by atoms with Crippen LogP contribution >= 0.6 is 0 Å². The number of hydrogen-bond acceptors (Lipinski definition) is 3. The molecule has 0 fully saturated rings. The number of carbonyl (C=O) groups excluding carboxylic acids is 1. The average molecular weight is 347 g/mol. The number of anilines is 1. The first-order valence-corrected chi connectivity index (χ1v) is 7.56. The summed E-state index contributed by atoms with van der Waals surface area (Å²) in [6, 6.07) is 12.0. The van der Waals surface area contributed by atoms with Gasteiger partial charge < -0.3 is 14.4 Å². The van der Waals surface area contributed by atoms with E-state index in [2.05, 4.69) is 4.74 Å². The first-order valence-electron chi connectivity index (χ1n) is 7.56. The van der Waals surface area contributed by atoms with Crippen molar-refractivity contribution in [1.29, 1.82) is 0 Å². The molecule has 0 radical (unpaired) electrons. The highest BCUT2D eigenvalue weighted by Crippen LogP contribution is 2.29. The Labute approximate surface area is 145 Å². The van der Waals surface area contributed by atoms with Gasteiger partial charge in [-0.05, 0) is 48.4 Å². The number of methoxy groups -OCH3 is 1. The van der Waals surface area contributed by atoms with Crippen LogP contribution < -0.4 is 14.4 Å². The molecular weight excluding hydrogens is 328 g/mol. The van der Waals surface area contributed by atoms with E-state index in [1.807, 2.05) is 31.2 Å². The van der Waals surface area contributed by atoms with Gasteiger partial charge in [0.15, 0.2) is 11.5 Å². The van der Waals surface area contributed by atoms with Crippen LogP contribution in [-0.2, 0) is 4.79 Å². The number of hydrogen-bond donors (Lipinski definition) is 0. The first kappa shape index (κ1) is 18.4. The lowest BCUT2D eigenvalue weighted by Gasteiger charge is -2.15. The molecule has 0 aliphatic rings. The standard InChI is InChI=1S/C19H19F2NO3/c1-13-5-4-6-15(11-13)22(2)18(23)10-8-14-7-9-16(25-19(20)21)17(12-14)24-3/h4-12,19H,1-3H3. The van der Waals surface area contributed by atoms with Crippen LogP contribution in [0.25, 0.3) is 6.08 Å². The number of likely N-dealkylation sites (N-methyl/N-ethyl adjacent to an activating group) is 1. The van der Waals surface area contributed by atoms with Crippen molar-refractivity contribution in [3.05, 3.63) is 59.7 Å². The van der Waals surface area contributed by atoms with Gasteiger partial charge in [0, 0.05) is 18.8 Å². The number of amides is 1.